The number of hydrogen-bond donors (Lipinski definition) is 9. The summed E-state index contributed by atoms with van der Waals surface area (Å²) in [6.45, 7) is 5.12. The summed E-state index contributed by atoms with van der Waals surface area (Å²) in [5, 5.41) is 65.1. The minimum Gasteiger partial charge on any atom is -0.490 e. The van der Waals surface area contributed by atoms with Gasteiger partial charge in [0, 0.05) is 6.54 Å². The molecule has 0 saturated carbocycles. The predicted molar refractivity (Wildman–Crippen MR) is 189 cm³/mol. The van der Waals surface area contributed by atoms with E-state index in [2.05, 4.69) is 15.0 Å². The second-order valence-corrected chi connectivity index (χ2v) is 12.4. The Hall–Kier alpha value is -6.10. The van der Waals surface area contributed by atoms with Crippen molar-refractivity contribution in [2.75, 3.05) is 31.9 Å². The predicted octanol–water partition coefficient (Wildman–Crippen LogP) is 0.286. The van der Waals surface area contributed by atoms with Gasteiger partial charge in [0.15, 0.2) is 65.2 Å². The maximum atomic E-state index is 13.9. The van der Waals surface area contributed by atoms with Crippen molar-refractivity contribution >= 4 is 48.5 Å². The fraction of sp³-hybridized carbons (Fsp3) is 0.344. The van der Waals surface area contributed by atoms with Crippen LogP contribution in [0.3, 0.4) is 0 Å². The number of fused-ring (bicyclic) bond motifs is 1. The molecule has 10 N–H and O–H groups in total. The van der Waals surface area contributed by atoms with Crippen LogP contribution in [0.2, 0.25) is 0 Å². The van der Waals surface area contributed by atoms with E-state index in [4.69, 9.17) is 69.8 Å². The Morgan fingerprint density at radius 2 is 1.11 bits per heavy atom. The summed E-state index contributed by atoms with van der Waals surface area (Å²) in [4.78, 5) is 51.5. The highest BCUT2D eigenvalue weighted by atomic mass is 31.2. The second-order valence-electron chi connectivity index (χ2n) is 10.6. The molecule has 23 nitrogen and oxygen atoms in total. The number of anilines is 1. The molecule has 24 heteroatoms. The zero-order chi connectivity index (χ0) is 42.0. The summed E-state index contributed by atoms with van der Waals surface area (Å²) < 4.78 is 44.6. The molecule has 0 fully saturated rings. The highest BCUT2D eigenvalue weighted by Crippen LogP contribution is 2.52. The summed E-state index contributed by atoms with van der Waals surface area (Å²) in [5.74, 6) is -5.31. The number of aliphatic hydroxyl groups is 4. The third kappa shape index (κ3) is 14.0. The van der Waals surface area contributed by atoms with Gasteiger partial charge < -0.3 is 74.4 Å². The van der Waals surface area contributed by atoms with Crippen LogP contribution in [0.25, 0.3) is 11.2 Å². The van der Waals surface area contributed by atoms with Crippen molar-refractivity contribution in [1.82, 2.24) is 19.5 Å². The van der Waals surface area contributed by atoms with Crippen molar-refractivity contribution in [2.45, 2.75) is 44.8 Å². The first-order valence-corrected chi connectivity index (χ1v) is 17.7. The molecule has 2 aromatic heterocycles. The summed E-state index contributed by atoms with van der Waals surface area (Å²) >= 11 is 0. The molecule has 306 valence electrons. The first-order chi connectivity index (χ1) is 26.5. The lowest BCUT2D eigenvalue weighted by Gasteiger charge is -2.22. The summed E-state index contributed by atoms with van der Waals surface area (Å²) in [6.07, 6.45) is -6.41. The van der Waals surface area contributed by atoms with E-state index in [-0.39, 0.29) is 24.5 Å². The highest BCUT2D eigenvalue weighted by molar-refractivity contribution is 7.54. The minimum atomic E-state index is -3.88. The molecule has 0 unspecified atom stereocenters. The van der Waals surface area contributed by atoms with Crippen LogP contribution in [0.15, 0.2) is 61.2 Å². The molecule has 4 aromatic rings. The SMILES string of the molecule is CCOc1ccccc1OP(=O)(COCCn1cnc2c(N)ncnc21)Oc1ccccc1OCC.O=C(O)[C@H](O)[C@@H](O)C(=O)O.O=C(O)[C@H](O)[C@@H](O)C(=O)O. The van der Waals surface area contributed by atoms with Crippen LogP contribution in [-0.4, -0.2) is 135 Å². The van der Waals surface area contributed by atoms with Gasteiger partial charge >= 0.3 is 31.5 Å². The lowest BCUT2D eigenvalue weighted by Crippen LogP contribution is -2.39. The number of rotatable bonds is 19. The fourth-order valence-electron chi connectivity index (χ4n) is 3.91. The van der Waals surface area contributed by atoms with E-state index in [1.165, 1.54) is 6.33 Å². The van der Waals surface area contributed by atoms with Gasteiger partial charge in [0.25, 0.3) is 0 Å². The first kappa shape index (κ1) is 46.1. The van der Waals surface area contributed by atoms with E-state index in [1.807, 2.05) is 13.8 Å². The fourth-order valence-corrected chi connectivity index (χ4v) is 5.31. The maximum Gasteiger partial charge on any atom is 0.456 e. The van der Waals surface area contributed by atoms with Crippen molar-refractivity contribution in [3.8, 4) is 23.0 Å². The first-order valence-electron chi connectivity index (χ1n) is 16.0. The van der Waals surface area contributed by atoms with Gasteiger partial charge in [0.2, 0.25) is 0 Å². The smallest absolute Gasteiger partial charge is 0.456 e. The average molecular weight is 814 g/mol. The van der Waals surface area contributed by atoms with Gasteiger partial charge in [-0.3, -0.25) is 0 Å². The molecule has 0 saturated heterocycles. The van der Waals surface area contributed by atoms with Crippen molar-refractivity contribution in [1.29, 1.82) is 0 Å². The van der Waals surface area contributed by atoms with Gasteiger partial charge in [0.05, 0.1) is 26.1 Å². The maximum absolute atomic E-state index is 13.9. The standard InChI is InChI=1S/C24H28N5O6P.2C4H6O6/c1-3-32-18-9-5-7-11-20(18)34-36(30,35-21-12-8-6-10-19(21)33-4-2)17-31-14-13-29-16-28-22-23(25)26-15-27-24(22)29;2*5-1(3(7)8)2(6)4(9)10/h5-12,15-16H,3-4,13-14,17H2,1-2H3,(H2,25,26,27);2*1-2,5-6H,(H,7,8)(H,9,10)/t;2*1-,2-/m.11/s1. The van der Waals surface area contributed by atoms with E-state index in [1.54, 1.807) is 59.4 Å². The molecule has 4 rings (SSSR count). The zero-order valence-electron chi connectivity index (χ0n) is 29.6. The van der Waals surface area contributed by atoms with Crippen LogP contribution in [0.4, 0.5) is 5.82 Å². The van der Waals surface area contributed by atoms with Crippen LogP contribution in [0, 0.1) is 0 Å². The van der Waals surface area contributed by atoms with Crippen molar-refractivity contribution in [3.05, 3.63) is 61.2 Å². The number of aliphatic carboxylic acids is 4. The van der Waals surface area contributed by atoms with Crippen LogP contribution < -0.4 is 24.3 Å². The second kappa shape index (κ2) is 22.3. The van der Waals surface area contributed by atoms with Crippen LogP contribution in [0.5, 0.6) is 23.0 Å². The van der Waals surface area contributed by atoms with E-state index in [0.29, 0.717) is 48.2 Å². The summed E-state index contributed by atoms with van der Waals surface area (Å²) in [7, 11) is -3.88. The molecule has 0 aliphatic rings. The van der Waals surface area contributed by atoms with Gasteiger partial charge in [0.1, 0.15) is 11.8 Å². The number of nitrogen functional groups attached to an aromatic ring is 1. The van der Waals surface area contributed by atoms with Crippen molar-refractivity contribution in [2.24, 2.45) is 0 Å². The van der Waals surface area contributed by atoms with Crippen LogP contribution in [-0.2, 0) is 35.0 Å². The average Bonchev–Trinajstić information content (AvgIpc) is 3.58. The minimum absolute atomic E-state index is 0.187. The third-order valence-electron chi connectivity index (χ3n) is 6.54. The molecule has 0 radical (unpaired) electrons. The van der Waals surface area contributed by atoms with E-state index in [9.17, 15) is 23.7 Å². The Labute approximate surface area is 316 Å². The number of nitrogens with two attached hydrogens (primary N) is 1. The number of para-hydroxylation sites is 4. The number of ether oxygens (including phenoxy) is 3. The Bertz CT molecular complexity index is 1830. The topological polar surface area (TPSA) is 363 Å². The van der Waals surface area contributed by atoms with E-state index < -0.39 is 55.9 Å². The lowest BCUT2D eigenvalue weighted by atomic mass is 10.2. The quantitative estimate of drug-likeness (QED) is 0.0453. The van der Waals surface area contributed by atoms with Gasteiger partial charge in [-0.2, -0.15) is 0 Å². The molecule has 0 aliphatic carbocycles. The number of nitrogens with zero attached hydrogens (tertiary/aromatic N) is 4. The number of aliphatic hydroxyl groups excluding tert-OH is 4. The Morgan fingerprint density at radius 1 is 0.696 bits per heavy atom. The molecule has 0 bridgehead atoms. The largest absolute Gasteiger partial charge is 0.490 e. The van der Waals surface area contributed by atoms with Gasteiger partial charge in [-0.1, -0.05) is 24.3 Å². The number of imidazole rings is 1. The number of aromatic nitrogens is 4. The number of carboxylic acid groups (broad SMARTS) is 4. The summed E-state index contributed by atoms with van der Waals surface area (Å²) in [5.41, 5.74) is 6.94. The third-order valence-corrected chi connectivity index (χ3v) is 7.99. The monoisotopic (exact) mass is 813 g/mol. The molecule has 2 heterocycles. The molecule has 0 spiro atoms. The number of carboxylic acids is 4. The molecule has 0 aliphatic heterocycles. The Morgan fingerprint density at radius 3 is 1.50 bits per heavy atom. The Balaban J connectivity index is 0.000000445. The zero-order valence-corrected chi connectivity index (χ0v) is 30.5. The van der Waals surface area contributed by atoms with E-state index >= 15 is 0 Å². The molecule has 2 aromatic carbocycles. The van der Waals surface area contributed by atoms with Gasteiger partial charge in [-0.15, -0.1) is 0 Å². The van der Waals surface area contributed by atoms with E-state index in [0.717, 1.165) is 0 Å². The normalized spacial score (nSPS) is 13.0. The van der Waals surface area contributed by atoms with Gasteiger partial charge in [-0.05, 0) is 38.1 Å². The van der Waals surface area contributed by atoms with Gasteiger partial charge in [-0.25, -0.2) is 38.7 Å². The molecule has 0 amide bonds. The molecule has 56 heavy (non-hydrogen) atoms. The molecular weight excluding hydrogens is 773 g/mol. The molecule has 4 atom stereocenters. The van der Waals surface area contributed by atoms with Crippen LogP contribution in [0.1, 0.15) is 13.8 Å². The van der Waals surface area contributed by atoms with Crippen molar-refractivity contribution in [3.63, 3.8) is 0 Å². The van der Waals surface area contributed by atoms with Crippen molar-refractivity contribution < 1.29 is 87.9 Å². The van der Waals surface area contributed by atoms with Crippen LogP contribution >= 0.6 is 7.60 Å². The highest BCUT2D eigenvalue weighted by Gasteiger charge is 2.32. The number of benzene rings is 2. The lowest BCUT2D eigenvalue weighted by molar-refractivity contribution is -0.165. The Kier molecular flexibility index (Phi) is 18.4. The number of hydrogen-bond acceptors (Lipinski definition) is 18. The molecular formula is C32H40N5O18P. The summed E-state index contributed by atoms with van der Waals surface area (Å²) in [6, 6.07) is 13.9. The number of carbonyl (C=O) groups is 4.